The lowest BCUT2D eigenvalue weighted by Crippen LogP contribution is -2.37. The SMILES string of the molecule is CNc1ncnc(NCCCN2CCOCC2)c1Br. The molecular weight excluding hydrogens is 310 g/mol. The Hall–Kier alpha value is -0.920. The van der Waals surface area contributed by atoms with Crippen LogP contribution in [0.5, 0.6) is 0 Å². The first kappa shape index (κ1) is 14.5. The van der Waals surface area contributed by atoms with Crippen molar-refractivity contribution < 1.29 is 4.74 Å². The Morgan fingerprint density at radius 3 is 2.79 bits per heavy atom. The van der Waals surface area contributed by atoms with Crippen LogP contribution in [0.15, 0.2) is 10.8 Å². The monoisotopic (exact) mass is 329 g/mol. The Morgan fingerprint density at radius 2 is 2.05 bits per heavy atom. The van der Waals surface area contributed by atoms with Gasteiger partial charge in [0.2, 0.25) is 0 Å². The maximum atomic E-state index is 5.33. The summed E-state index contributed by atoms with van der Waals surface area (Å²) >= 11 is 3.49. The van der Waals surface area contributed by atoms with Crippen LogP contribution in [0, 0.1) is 0 Å². The lowest BCUT2D eigenvalue weighted by molar-refractivity contribution is 0.0378. The Balaban J connectivity index is 1.73. The van der Waals surface area contributed by atoms with Crippen LogP contribution in [-0.2, 0) is 4.74 Å². The van der Waals surface area contributed by atoms with E-state index in [0.29, 0.717) is 0 Å². The fourth-order valence-corrected chi connectivity index (χ4v) is 2.54. The number of anilines is 2. The number of nitrogens with one attached hydrogen (secondary N) is 2. The van der Waals surface area contributed by atoms with Crippen LogP contribution in [-0.4, -0.2) is 61.3 Å². The van der Waals surface area contributed by atoms with E-state index in [1.807, 2.05) is 7.05 Å². The second-order valence-electron chi connectivity index (χ2n) is 4.37. The molecule has 0 atom stereocenters. The first-order valence-electron chi connectivity index (χ1n) is 6.53. The van der Waals surface area contributed by atoms with Crippen molar-refractivity contribution in [2.45, 2.75) is 6.42 Å². The number of hydrogen-bond donors (Lipinski definition) is 2. The van der Waals surface area contributed by atoms with E-state index in [1.54, 1.807) is 6.33 Å². The molecule has 0 aliphatic carbocycles. The normalized spacial score (nSPS) is 16.3. The topological polar surface area (TPSA) is 62.3 Å². The van der Waals surface area contributed by atoms with Gasteiger partial charge < -0.3 is 15.4 Å². The van der Waals surface area contributed by atoms with E-state index in [4.69, 9.17) is 4.74 Å². The molecule has 0 radical (unpaired) electrons. The van der Waals surface area contributed by atoms with Crippen LogP contribution in [0.4, 0.5) is 11.6 Å². The molecule has 2 rings (SSSR count). The van der Waals surface area contributed by atoms with Crippen LogP contribution in [0.2, 0.25) is 0 Å². The predicted molar refractivity (Wildman–Crippen MR) is 79.6 cm³/mol. The highest BCUT2D eigenvalue weighted by Gasteiger charge is 2.10. The van der Waals surface area contributed by atoms with E-state index in [1.165, 1.54) is 0 Å². The van der Waals surface area contributed by atoms with Gasteiger partial charge in [-0.2, -0.15) is 0 Å². The molecule has 1 aromatic rings. The Labute approximate surface area is 122 Å². The van der Waals surface area contributed by atoms with Gasteiger partial charge in [0.05, 0.1) is 13.2 Å². The number of morpholine rings is 1. The maximum absolute atomic E-state index is 5.33. The zero-order valence-electron chi connectivity index (χ0n) is 11.2. The molecule has 1 aromatic heterocycles. The van der Waals surface area contributed by atoms with Crippen LogP contribution < -0.4 is 10.6 Å². The summed E-state index contributed by atoms with van der Waals surface area (Å²) in [5.74, 6) is 1.63. The summed E-state index contributed by atoms with van der Waals surface area (Å²) in [6.45, 7) is 5.79. The Morgan fingerprint density at radius 1 is 1.32 bits per heavy atom. The molecule has 7 heteroatoms. The average Bonchev–Trinajstić information content (AvgIpc) is 2.46. The third-order valence-electron chi connectivity index (χ3n) is 3.07. The van der Waals surface area contributed by atoms with Crippen LogP contribution in [0.25, 0.3) is 0 Å². The van der Waals surface area contributed by atoms with Crippen molar-refractivity contribution in [3.63, 3.8) is 0 Å². The van der Waals surface area contributed by atoms with Gasteiger partial charge in [0.25, 0.3) is 0 Å². The molecule has 1 saturated heterocycles. The minimum Gasteiger partial charge on any atom is -0.379 e. The van der Waals surface area contributed by atoms with Crippen molar-refractivity contribution in [2.24, 2.45) is 0 Å². The number of ether oxygens (including phenoxy) is 1. The molecular formula is C12H20BrN5O. The molecule has 1 fully saturated rings. The molecule has 2 heterocycles. The van der Waals surface area contributed by atoms with Gasteiger partial charge in [0.15, 0.2) is 0 Å². The van der Waals surface area contributed by atoms with E-state index in [9.17, 15) is 0 Å². The van der Waals surface area contributed by atoms with Gasteiger partial charge in [-0.1, -0.05) is 0 Å². The summed E-state index contributed by atoms with van der Waals surface area (Å²) in [6.07, 6.45) is 2.65. The molecule has 2 N–H and O–H groups in total. The highest BCUT2D eigenvalue weighted by molar-refractivity contribution is 9.10. The van der Waals surface area contributed by atoms with Crippen LogP contribution >= 0.6 is 15.9 Å². The van der Waals surface area contributed by atoms with Crippen molar-refractivity contribution in [3.8, 4) is 0 Å². The van der Waals surface area contributed by atoms with Crippen molar-refractivity contribution >= 4 is 27.6 Å². The zero-order chi connectivity index (χ0) is 13.5. The molecule has 0 aromatic carbocycles. The molecule has 1 aliphatic heterocycles. The average molecular weight is 330 g/mol. The minimum atomic E-state index is 0.797. The van der Waals surface area contributed by atoms with Crippen molar-refractivity contribution in [1.29, 1.82) is 0 Å². The second kappa shape index (κ2) is 7.62. The van der Waals surface area contributed by atoms with E-state index in [0.717, 1.165) is 61.9 Å². The fourth-order valence-electron chi connectivity index (χ4n) is 2.00. The third-order valence-corrected chi connectivity index (χ3v) is 3.82. The van der Waals surface area contributed by atoms with Crippen LogP contribution in [0.1, 0.15) is 6.42 Å². The highest BCUT2D eigenvalue weighted by Crippen LogP contribution is 2.25. The summed E-state index contributed by atoms with van der Waals surface area (Å²) < 4.78 is 6.21. The van der Waals surface area contributed by atoms with Gasteiger partial charge >= 0.3 is 0 Å². The first-order chi connectivity index (χ1) is 9.31. The Bertz CT molecular complexity index is 398. The van der Waals surface area contributed by atoms with E-state index < -0.39 is 0 Å². The second-order valence-corrected chi connectivity index (χ2v) is 5.16. The summed E-state index contributed by atoms with van der Waals surface area (Å²) in [4.78, 5) is 10.8. The van der Waals surface area contributed by atoms with Crippen molar-refractivity contribution in [1.82, 2.24) is 14.9 Å². The largest absolute Gasteiger partial charge is 0.379 e. The standard InChI is InChI=1S/C12H20BrN5O/c1-14-11-10(13)12(17-9-16-11)15-3-2-4-18-5-7-19-8-6-18/h9H,2-8H2,1H3,(H2,14,15,16,17). The van der Waals surface area contributed by atoms with Gasteiger partial charge in [0.1, 0.15) is 22.4 Å². The van der Waals surface area contributed by atoms with Gasteiger partial charge in [-0.25, -0.2) is 9.97 Å². The van der Waals surface area contributed by atoms with E-state index in [2.05, 4.69) is 41.4 Å². The van der Waals surface area contributed by atoms with Crippen molar-refractivity contribution in [2.75, 3.05) is 57.1 Å². The lowest BCUT2D eigenvalue weighted by atomic mass is 10.3. The number of hydrogen-bond acceptors (Lipinski definition) is 6. The van der Waals surface area contributed by atoms with Gasteiger partial charge in [0, 0.05) is 26.7 Å². The molecule has 1 aliphatic rings. The molecule has 0 spiro atoms. The lowest BCUT2D eigenvalue weighted by Gasteiger charge is -2.26. The number of rotatable bonds is 6. The first-order valence-corrected chi connectivity index (χ1v) is 7.33. The third kappa shape index (κ3) is 4.29. The highest BCUT2D eigenvalue weighted by atomic mass is 79.9. The molecule has 19 heavy (non-hydrogen) atoms. The summed E-state index contributed by atoms with van der Waals surface area (Å²) in [5.41, 5.74) is 0. The fraction of sp³-hybridized carbons (Fsp3) is 0.667. The smallest absolute Gasteiger partial charge is 0.145 e. The quantitative estimate of drug-likeness (QED) is 0.769. The number of nitrogens with zero attached hydrogens (tertiary/aromatic N) is 3. The zero-order valence-corrected chi connectivity index (χ0v) is 12.7. The van der Waals surface area contributed by atoms with Gasteiger partial charge in [-0.05, 0) is 28.9 Å². The number of halogens is 1. The minimum absolute atomic E-state index is 0.797. The molecule has 6 nitrogen and oxygen atoms in total. The van der Waals surface area contributed by atoms with Crippen molar-refractivity contribution in [3.05, 3.63) is 10.8 Å². The summed E-state index contributed by atoms with van der Waals surface area (Å²) in [7, 11) is 1.84. The molecule has 0 amide bonds. The maximum Gasteiger partial charge on any atom is 0.145 e. The van der Waals surface area contributed by atoms with Gasteiger partial charge in [-0.15, -0.1) is 0 Å². The molecule has 0 saturated carbocycles. The molecule has 0 bridgehead atoms. The van der Waals surface area contributed by atoms with E-state index in [-0.39, 0.29) is 0 Å². The predicted octanol–water partition coefficient (Wildman–Crippen LogP) is 1.42. The summed E-state index contributed by atoms with van der Waals surface area (Å²) in [6, 6.07) is 0. The number of aromatic nitrogens is 2. The molecule has 106 valence electrons. The Kier molecular flexibility index (Phi) is 5.81. The van der Waals surface area contributed by atoms with E-state index >= 15 is 0 Å². The molecule has 0 unspecified atom stereocenters. The summed E-state index contributed by atoms with van der Waals surface area (Å²) in [5, 5.41) is 6.35. The van der Waals surface area contributed by atoms with Crippen LogP contribution in [0.3, 0.4) is 0 Å². The van der Waals surface area contributed by atoms with Gasteiger partial charge in [-0.3, -0.25) is 4.90 Å².